The number of ketones is 1. The van der Waals surface area contributed by atoms with Crippen molar-refractivity contribution in [2.75, 3.05) is 6.54 Å². The first kappa shape index (κ1) is 12.7. The molecule has 0 aromatic heterocycles. The van der Waals surface area contributed by atoms with E-state index < -0.39 is 0 Å². The Morgan fingerprint density at radius 2 is 2.20 bits per heavy atom. The van der Waals surface area contributed by atoms with Crippen LogP contribution < -0.4 is 5.32 Å². The largest absolute Gasteiger partial charge is 0.311 e. The zero-order chi connectivity index (χ0) is 11.5. The second-order valence-corrected chi connectivity index (χ2v) is 5.62. The zero-order valence-corrected chi connectivity index (χ0v) is 10.6. The van der Waals surface area contributed by atoms with Crippen molar-refractivity contribution >= 4 is 5.78 Å². The van der Waals surface area contributed by atoms with Gasteiger partial charge in [0.25, 0.3) is 0 Å². The molecule has 1 N–H and O–H groups in total. The summed E-state index contributed by atoms with van der Waals surface area (Å²) < 4.78 is 0. The average molecular weight is 211 g/mol. The quantitative estimate of drug-likeness (QED) is 0.774. The molecule has 1 rings (SSSR count). The topological polar surface area (TPSA) is 29.1 Å². The SMILES string of the molecule is CCC1CC[C@@](C)(NCC(C)C)CC1=O. The van der Waals surface area contributed by atoms with Crippen LogP contribution in [-0.2, 0) is 4.79 Å². The van der Waals surface area contributed by atoms with Gasteiger partial charge in [0.15, 0.2) is 0 Å². The number of hydrogen-bond donors (Lipinski definition) is 1. The number of carbonyl (C=O) groups is 1. The standard InChI is InChI=1S/C13H25NO/c1-5-11-6-7-13(4,8-12(11)15)14-9-10(2)3/h10-11,14H,5-9H2,1-4H3/t11?,13-/m1/s1. The lowest BCUT2D eigenvalue weighted by molar-refractivity contribution is -0.126. The lowest BCUT2D eigenvalue weighted by Crippen LogP contribution is -2.49. The van der Waals surface area contributed by atoms with E-state index in [9.17, 15) is 4.79 Å². The summed E-state index contributed by atoms with van der Waals surface area (Å²) in [6.45, 7) is 9.73. The van der Waals surface area contributed by atoms with Crippen LogP contribution in [0.3, 0.4) is 0 Å². The first-order chi connectivity index (χ1) is 6.97. The Morgan fingerprint density at radius 1 is 1.53 bits per heavy atom. The Balaban J connectivity index is 2.47. The van der Waals surface area contributed by atoms with Crippen LogP contribution in [0.2, 0.25) is 0 Å². The van der Waals surface area contributed by atoms with Gasteiger partial charge in [0.1, 0.15) is 5.78 Å². The second kappa shape index (κ2) is 5.11. The molecule has 1 fully saturated rings. The minimum atomic E-state index is 0.0625. The van der Waals surface area contributed by atoms with E-state index in [1.165, 1.54) is 0 Å². The van der Waals surface area contributed by atoms with E-state index in [2.05, 4.69) is 33.0 Å². The van der Waals surface area contributed by atoms with Crippen LogP contribution in [0.5, 0.6) is 0 Å². The summed E-state index contributed by atoms with van der Waals surface area (Å²) in [5, 5.41) is 3.55. The van der Waals surface area contributed by atoms with Gasteiger partial charge in [-0.25, -0.2) is 0 Å². The molecular weight excluding hydrogens is 186 g/mol. The van der Waals surface area contributed by atoms with Crippen LogP contribution in [0.4, 0.5) is 0 Å². The third kappa shape index (κ3) is 3.60. The highest BCUT2D eigenvalue weighted by molar-refractivity contribution is 5.82. The molecule has 0 aliphatic heterocycles. The molecule has 0 saturated heterocycles. The van der Waals surface area contributed by atoms with Crippen LogP contribution in [0, 0.1) is 11.8 Å². The van der Waals surface area contributed by atoms with Crippen molar-refractivity contribution in [2.45, 2.75) is 58.9 Å². The summed E-state index contributed by atoms with van der Waals surface area (Å²) in [5.74, 6) is 1.45. The minimum absolute atomic E-state index is 0.0625. The Bertz CT molecular complexity index is 225. The van der Waals surface area contributed by atoms with Gasteiger partial charge in [-0.2, -0.15) is 0 Å². The molecule has 0 aromatic carbocycles. The van der Waals surface area contributed by atoms with E-state index in [1.807, 2.05) is 0 Å². The number of rotatable bonds is 4. The molecule has 2 nitrogen and oxygen atoms in total. The van der Waals surface area contributed by atoms with Gasteiger partial charge >= 0.3 is 0 Å². The van der Waals surface area contributed by atoms with Crippen molar-refractivity contribution in [3.05, 3.63) is 0 Å². The fourth-order valence-corrected chi connectivity index (χ4v) is 2.30. The van der Waals surface area contributed by atoms with Gasteiger partial charge in [0.2, 0.25) is 0 Å². The number of hydrogen-bond acceptors (Lipinski definition) is 2. The van der Waals surface area contributed by atoms with Gasteiger partial charge in [-0.3, -0.25) is 4.79 Å². The van der Waals surface area contributed by atoms with Crippen molar-refractivity contribution < 1.29 is 4.79 Å². The van der Waals surface area contributed by atoms with E-state index in [0.717, 1.165) is 32.2 Å². The predicted molar refractivity (Wildman–Crippen MR) is 63.9 cm³/mol. The van der Waals surface area contributed by atoms with Crippen LogP contribution >= 0.6 is 0 Å². The highest BCUT2D eigenvalue weighted by Gasteiger charge is 2.35. The molecule has 2 heteroatoms. The number of carbonyl (C=O) groups excluding carboxylic acids is 1. The van der Waals surface area contributed by atoms with Crippen molar-refractivity contribution in [3.8, 4) is 0 Å². The molecule has 15 heavy (non-hydrogen) atoms. The zero-order valence-electron chi connectivity index (χ0n) is 10.6. The van der Waals surface area contributed by atoms with E-state index in [4.69, 9.17) is 0 Å². The van der Waals surface area contributed by atoms with E-state index in [1.54, 1.807) is 0 Å². The van der Waals surface area contributed by atoms with Gasteiger partial charge in [-0.15, -0.1) is 0 Å². The normalized spacial score (nSPS) is 32.3. The fourth-order valence-electron chi connectivity index (χ4n) is 2.30. The maximum Gasteiger partial charge on any atom is 0.137 e. The predicted octanol–water partition coefficient (Wildman–Crippen LogP) is 2.77. The molecule has 0 heterocycles. The molecule has 88 valence electrons. The van der Waals surface area contributed by atoms with E-state index in [-0.39, 0.29) is 5.54 Å². The third-order valence-corrected chi connectivity index (χ3v) is 3.49. The second-order valence-electron chi connectivity index (χ2n) is 5.62. The molecule has 0 aromatic rings. The Kier molecular flexibility index (Phi) is 4.32. The van der Waals surface area contributed by atoms with Crippen LogP contribution in [0.25, 0.3) is 0 Å². The van der Waals surface area contributed by atoms with Gasteiger partial charge in [0.05, 0.1) is 0 Å². The fraction of sp³-hybridized carbons (Fsp3) is 0.923. The smallest absolute Gasteiger partial charge is 0.137 e. The maximum absolute atomic E-state index is 11.8. The highest BCUT2D eigenvalue weighted by atomic mass is 16.1. The Hall–Kier alpha value is -0.370. The highest BCUT2D eigenvalue weighted by Crippen LogP contribution is 2.30. The van der Waals surface area contributed by atoms with Crippen LogP contribution in [0.1, 0.15) is 53.4 Å². The molecule has 0 amide bonds. The lowest BCUT2D eigenvalue weighted by atomic mass is 9.75. The van der Waals surface area contributed by atoms with Gasteiger partial charge in [-0.1, -0.05) is 20.8 Å². The first-order valence-electron chi connectivity index (χ1n) is 6.24. The summed E-state index contributed by atoms with van der Waals surface area (Å²) in [6, 6.07) is 0. The van der Waals surface area contributed by atoms with Crippen LogP contribution in [0.15, 0.2) is 0 Å². The van der Waals surface area contributed by atoms with Gasteiger partial charge < -0.3 is 5.32 Å². The molecule has 0 radical (unpaired) electrons. The summed E-state index contributed by atoms with van der Waals surface area (Å²) >= 11 is 0. The van der Waals surface area contributed by atoms with E-state index in [0.29, 0.717) is 17.6 Å². The number of nitrogens with one attached hydrogen (secondary N) is 1. The van der Waals surface area contributed by atoms with Crippen molar-refractivity contribution in [2.24, 2.45) is 11.8 Å². The molecule has 0 bridgehead atoms. The summed E-state index contributed by atoms with van der Waals surface area (Å²) in [6.07, 6.45) is 3.94. The van der Waals surface area contributed by atoms with Crippen molar-refractivity contribution in [1.82, 2.24) is 5.32 Å². The first-order valence-corrected chi connectivity index (χ1v) is 6.24. The van der Waals surface area contributed by atoms with Crippen molar-refractivity contribution in [3.63, 3.8) is 0 Å². The molecule has 1 saturated carbocycles. The van der Waals surface area contributed by atoms with Crippen molar-refractivity contribution in [1.29, 1.82) is 0 Å². The maximum atomic E-state index is 11.8. The summed E-state index contributed by atoms with van der Waals surface area (Å²) in [7, 11) is 0. The minimum Gasteiger partial charge on any atom is -0.311 e. The number of Topliss-reactive ketones (excluding diaryl/α,β-unsaturated/α-hetero) is 1. The van der Waals surface area contributed by atoms with Crippen LogP contribution in [-0.4, -0.2) is 17.9 Å². The third-order valence-electron chi connectivity index (χ3n) is 3.49. The summed E-state index contributed by atoms with van der Waals surface area (Å²) in [4.78, 5) is 11.8. The summed E-state index contributed by atoms with van der Waals surface area (Å²) in [5.41, 5.74) is 0.0625. The molecule has 2 atom stereocenters. The molecule has 1 unspecified atom stereocenters. The Morgan fingerprint density at radius 3 is 2.67 bits per heavy atom. The van der Waals surface area contributed by atoms with E-state index >= 15 is 0 Å². The molecule has 0 spiro atoms. The lowest BCUT2D eigenvalue weighted by Gasteiger charge is -2.37. The monoisotopic (exact) mass is 211 g/mol. The van der Waals surface area contributed by atoms with Gasteiger partial charge in [0, 0.05) is 17.9 Å². The average Bonchev–Trinajstić information content (AvgIpc) is 2.15. The Labute approximate surface area is 93.8 Å². The molecule has 1 aliphatic carbocycles. The van der Waals surface area contributed by atoms with Gasteiger partial charge in [-0.05, 0) is 38.6 Å². The molecule has 1 aliphatic rings. The molecular formula is C13H25NO.